The van der Waals surface area contributed by atoms with E-state index in [1.165, 1.54) is 24.3 Å². The maximum Gasteiger partial charge on any atom is 1.00 e. The summed E-state index contributed by atoms with van der Waals surface area (Å²) >= 11 is 0. The molecule has 2 aliphatic heterocycles. The van der Waals surface area contributed by atoms with Crippen molar-refractivity contribution < 1.29 is 88.2 Å². The van der Waals surface area contributed by atoms with Gasteiger partial charge in [-0.3, -0.25) is 9.52 Å². The van der Waals surface area contributed by atoms with Crippen molar-refractivity contribution in [2.24, 2.45) is 22.2 Å². The molecule has 39 heavy (non-hydrogen) atoms. The topological polar surface area (TPSA) is 148 Å². The fourth-order valence-electron chi connectivity index (χ4n) is 6.36. The first kappa shape index (κ1) is 28.7. The molecule has 14 heteroatoms. The van der Waals surface area contributed by atoms with Crippen LogP contribution in [-0.4, -0.2) is 45.8 Å². The Labute approximate surface area is 274 Å². The van der Waals surface area contributed by atoms with Crippen LogP contribution in [-0.2, 0) is 31.4 Å². The number of rotatable bonds is 5. The van der Waals surface area contributed by atoms with Crippen LogP contribution in [0.1, 0.15) is 30.5 Å². The van der Waals surface area contributed by atoms with Crippen LogP contribution in [0.15, 0.2) is 63.1 Å². The van der Waals surface area contributed by atoms with E-state index in [1.54, 1.807) is 17.0 Å². The SMILES string of the molecule is CS(=O)(=O)Nc1ccc2c(c1)S(=O)(=O)N=C(C1=C([O-])C3C(C4CC[C@H]3C4)N(Cc3ccc(F)cc3)C1=O)N2.[HH].[HH].[HH].[HH].[K+]. The Morgan fingerprint density at radius 1 is 1.18 bits per heavy atom. The van der Waals surface area contributed by atoms with Crippen molar-refractivity contribution in [3.63, 3.8) is 0 Å². The first-order valence-electron chi connectivity index (χ1n) is 12.1. The Balaban J connectivity index is 0.00000185. The largest absolute Gasteiger partial charge is 1.00 e. The van der Waals surface area contributed by atoms with Gasteiger partial charge in [-0.2, -0.15) is 8.42 Å². The van der Waals surface area contributed by atoms with Crippen LogP contribution in [0.25, 0.3) is 0 Å². The van der Waals surface area contributed by atoms with Crippen LogP contribution in [0.5, 0.6) is 0 Å². The molecule has 1 amide bonds. The Bertz CT molecular complexity index is 1660. The molecule has 2 heterocycles. The predicted molar refractivity (Wildman–Crippen MR) is 144 cm³/mol. The zero-order valence-electron chi connectivity index (χ0n) is 21.2. The van der Waals surface area contributed by atoms with Gasteiger partial charge in [0.2, 0.25) is 10.0 Å². The first-order valence-corrected chi connectivity index (χ1v) is 15.5. The minimum absolute atomic E-state index is 0. The standard InChI is InChI=1S/C25H25FN4O6S2.K.4H2/c1-37(33,34)28-17-8-9-18-19(11-17)38(35,36)29-24(27-18)21-23(31)20-14-4-5-15(10-14)22(20)30(25(21)32)12-13-2-6-16(26)7-3-13;;;;;/h2-3,6-9,11,14-15,20,22,28,31H,4-5,10,12H2,1H3,(H,27,29);;4*1H/q;+1;;;;/p-1/t14-,15?,20?,22?;;;;;/m0...../s1. The quantitative estimate of drug-likeness (QED) is 0.447. The molecule has 2 saturated carbocycles. The van der Waals surface area contributed by atoms with Crippen LogP contribution in [0.3, 0.4) is 0 Å². The number of hydrogen-bond donors (Lipinski definition) is 2. The second-order valence-corrected chi connectivity index (χ2v) is 13.6. The minimum atomic E-state index is -4.37. The number of anilines is 2. The second kappa shape index (κ2) is 10.2. The third-order valence-electron chi connectivity index (χ3n) is 7.79. The summed E-state index contributed by atoms with van der Waals surface area (Å²) in [5.41, 5.74) is 0.483. The molecule has 10 nitrogen and oxygen atoms in total. The summed E-state index contributed by atoms with van der Waals surface area (Å²) in [4.78, 5) is 15.2. The average Bonchev–Trinajstić information content (AvgIpc) is 3.45. The predicted octanol–water partition coefficient (Wildman–Crippen LogP) is -0.231. The Morgan fingerprint density at radius 3 is 2.56 bits per heavy atom. The van der Waals surface area contributed by atoms with E-state index in [-0.39, 0.29) is 109 Å². The first-order chi connectivity index (χ1) is 17.9. The van der Waals surface area contributed by atoms with Crippen molar-refractivity contribution in [3.05, 3.63) is 65.2 Å². The number of halogens is 1. The summed E-state index contributed by atoms with van der Waals surface area (Å²) in [5, 5.41) is 16.6. The monoisotopic (exact) mass is 606 g/mol. The number of carbonyl (C=O) groups excluding carboxylic acids is 1. The van der Waals surface area contributed by atoms with E-state index < -0.39 is 43.4 Å². The van der Waals surface area contributed by atoms with E-state index in [2.05, 4.69) is 14.4 Å². The number of hydrogen-bond acceptors (Lipinski definition) is 7. The van der Waals surface area contributed by atoms with Crippen molar-refractivity contribution in [3.8, 4) is 0 Å². The van der Waals surface area contributed by atoms with E-state index >= 15 is 0 Å². The normalized spacial score (nSPS) is 26.8. The van der Waals surface area contributed by atoms with Crippen molar-refractivity contribution >= 4 is 43.2 Å². The number of benzene rings is 2. The Morgan fingerprint density at radius 2 is 1.87 bits per heavy atom. The van der Waals surface area contributed by atoms with Crippen molar-refractivity contribution in [2.75, 3.05) is 16.3 Å². The zero-order valence-corrected chi connectivity index (χ0v) is 26.0. The van der Waals surface area contributed by atoms with Gasteiger partial charge < -0.3 is 15.3 Å². The zero-order chi connectivity index (χ0) is 27.0. The smallest absolute Gasteiger partial charge is 0.875 e. The van der Waals surface area contributed by atoms with Crippen molar-refractivity contribution in [1.82, 2.24) is 4.90 Å². The van der Waals surface area contributed by atoms with E-state index in [1.807, 2.05) is 0 Å². The van der Waals surface area contributed by atoms with E-state index in [4.69, 9.17) is 0 Å². The molecule has 2 aromatic carbocycles. The third-order valence-corrected chi connectivity index (χ3v) is 9.71. The molecule has 0 spiro atoms. The van der Waals surface area contributed by atoms with Gasteiger partial charge in [-0.25, -0.2) is 12.8 Å². The molecule has 2 bridgehead atoms. The van der Waals surface area contributed by atoms with Crippen LogP contribution in [0, 0.1) is 23.6 Å². The number of fused-ring (bicyclic) bond motifs is 6. The number of carbonyl (C=O) groups is 1. The maximum atomic E-state index is 13.9. The summed E-state index contributed by atoms with van der Waals surface area (Å²) in [6, 6.07) is 9.32. The molecule has 0 radical (unpaired) electrons. The van der Waals surface area contributed by atoms with Crippen LogP contribution < -0.4 is 66.5 Å². The molecule has 6 rings (SSSR count). The van der Waals surface area contributed by atoms with E-state index in [0.717, 1.165) is 31.6 Å². The number of amides is 1. The number of nitrogens with zero attached hydrogens (tertiary/aromatic N) is 2. The van der Waals surface area contributed by atoms with Gasteiger partial charge >= 0.3 is 51.4 Å². The maximum absolute atomic E-state index is 13.9. The Kier molecular flexibility index (Phi) is 7.53. The summed E-state index contributed by atoms with van der Waals surface area (Å²) in [7, 11) is -8.03. The molecule has 4 atom stereocenters. The van der Waals surface area contributed by atoms with Crippen LogP contribution in [0.4, 0.5) is 15.8 Å². The van der Waals surface area contributed by atoms with Crippen molar-refractivity contribution in [1.29, 1.82) is 0 Å². The summed E-state index contributed by atoms with van der Waals surface area (Å²) in [6.45, 7) is 0.150. The third kappa shape index (κ3) is 5.20. The molecular weight excluding hydrogens is 575 g/mol. The molecule has 2 aliphatic carbocycles. The second-order valence-electron chi connectivity index (χ2n) is 10.3. The van der Waals surface area contributed by atoms with Gasteiger partial charge in [0.25, 0.3) is 15.9 Å². The van der Waals surface area contributed by atoms with Crippen LogP contribution >= 0.6 is 0 Å². The van der Waals surface area contributed by atoms with Gasteiger partial charge in [0.15, 0.2) is 5.84 Å². The summed E-state index contributed by atoms with van der Waals surface area (Å²) < 4.78 is 68.9. The van der Waals surface area contributed by atoms with Gasteiger partial charge in [-0.1, -0.05) is 12.1 Å². The molecule has 2 fully saturated rings. The van der Waals surface area contributed by atoms with Gasteiger partial charge in [0, 0.05) is 24.0 Å². The fourth-order valence-corrected chi connectivity index (χ4v) is 8.06. The molecule has 4 aliphatic rings. The molecule has 0 aromatic heterocycles. The number of amidine groups is 1. The van der Waals surface area contributed by atoms with Gasteiger partial charge in [0.05, 0.1) is 17.5 Å². The van der Waals surface area contributed by atoms with Gasteiger partial charge in [-0.15, -0.1) is 10.2 Å². The molecular formula is C25H32FKN4O6S2. The molecule has 3 unspecified atom stereocenters. The summed E-state index contributed by atoms with van der Waals surface area (Å²) in [5.74, 6) is -1.98. The molecule has 2 aromatic rings. The Hall–Kier alpha value is -1.81. The fraction of sp³-hybridized carbons (Fsp3) is 0.360. The molecule has 0 saturated heterocycles. The van der Waals surface area contributed by atoms with Crippen LogP contribution in [0.2, 0.25) is 0 Å². The average molecular weight is 607 g/mol. The van der Waals surface area contributed by atoms with E-state index in [0.29, 0.717) is 5.56 Å². The number of sulfonamides is 2. The van der Waals surface area contributed by atoms with Crippen molar-refractivity contribution in [2.45, 2.75) is 36.7 Å². The molecule has 208 valence electrons. The van der Waals surface area contributed by atoms with Gasteiger partial charge in [0.1, 0.15) is 10.7 Å². The summed E-state index contributed by atoms with van der Waals surface area (Å²) in [6.07, 6.45) is 3.53. The molecule has 2 N–H and O–H groups in total. The van der Waals surface area contributed by atoms with Gasteiger partial charge in [-0.05, 0) is 72.9 Å². The number of nitrogens with one attached hydrogen (secondary N) is 2. The van der Waals surface area contributed by atoms with E-state index in [9.17, 15) is 31.1 Å². The minimum Gasteiger partial charge on any atom is -0.875 e.